The fourth-order valence-corrected chi connectivity index (χ4v) is 3.41. The number of rotatable bonds is 8. The number of nitrogens with zero attached hydrogens (tertiary/aromatic N) is 2. The number of hydrogen-bond donors (Lipinski definition) is 1. The molecule has 1 heterocycles. The van der Waals surface area contributed by atoms with Gasteiger partial charge in [0.25, 0.3) is 0 Å². The van der Waals surface area contributed by atoms with Crippen molar-refractivity contribution in [3.63, 3.8) is 0 Å². The van der Waals surface area contributed by atoms with Crippen molar-refractivity contribution in [2.45, 2.75) is 25.8 Å². The summed E-state index contributed by atoms with van der Waals surface area (Å²) < 4.78 is 5.88. The molecule has 1 N–H and O–H groups in total. The van der Waals surface area contributed by atoms with Crippen LogP contribution in [-0.2, 0) is 4.79 Å². The van der Waals surface area contributed by atoms with Gasteiger partial charge >= 0.3 is 0 Å². The predicted molar refractivity (Wildman–Crippen MR) is 105 cm³/mol. The highest BCUT2D eigenvalue weighted by atomic mass is 16.5. The van der Waals surface area contributed by atoms with Crippen molar-refractivity contribution in [1.82, 2.24) is 4.90 Å². The van der Waals surface area contributed by atoms with Gasteiger partial charge in [0.15, 0.2) is 0 Å². The first kappa shape index (κ1) is 19.7. The van der Waals surface area contributed by atoms with Crippen LogP contribution in [0.2, 0.25) is 0 Å². The number of carboxylic acid groups (broad SMARTS) is 1. The number of aliphatic carboxylic acids is 1. The average molecular weight is 378 g/mol. The van der Waals surface area contributed by atoms with Crippen molar-refractivity contribution in [3.8, 4) is 11.8 Å². The Kier molecular flexibility index (Phi) is 6.51. The molecule has 0 aromatic heterocycles. The van der Waals surface area contributed by atoms with E-state index in [0.717, 1.165) is 25.2 Å². The molecule has 6 nitrogen and oxygen atoms in total. The zero-order chi connectivity index (χ0) is 19.9. The Morgan fingerprint density at radius 3 is 2.61 bits per heavy atom. The third-order valence-electron chi connectivity index (χ3n) is 4.84. The second-order valence-electron chi connectivity index (χ2n) is 7.06. The van der Waals surface area contributed by atoms with Gasteiger partial charge in [-0.15, -0.1) is 0 Å². The van der Waals surface area contributed by atoms with Crippen molar-refractivity contribution in [2.75, 3.05) is 31.6 Å². The second-order valence-corrected chi connectivity index (χ2v) is 7.06. The first-order chi connectivity index (χ1) is 13.5. The Balaban J connectivity index is 1.71. The van der Waals surface area contributed by atoms with E-state index < -0.39 is 12.0 Å². The Hall–Kier alpha value is -3.04. The molecule has 0 radical (unpaired) electrons. The van der Waals surface area contributed by atoms with Gasteiger partial charge in [-0.1, -0.05) is 6.07 Å². The number of likely N-dealkylation sites (tertiary alicyclic amines) is 1. The number of carboxylic acids is 1. The van der Waals surface area contributed by atoms with Crippen LogP contribution in [0.25, 0.3) is 0 Å². The van der Waals surface area contributed by atoms with Gasteiger partial charge in [-0.2, -0.15) is 5.26 Å². The van der Waals surface area contributed by atoms with E-state index >= 15 is 0 Å². The minimum absolute atomic E-state index is 0.514. The maximum Gasteiger partial charge on any atom is 0.119 e. The van der Waals surface area contributed by atoms with E-state index in [1.165, 1.54) is 12.8 Å². The van der Waals surface area contributed by atoms with Crippen LogP contribution in [0, 0.1) is 18.3 Å². The molecule has 0 aliphatic carbocycles. The fraction of sp³-hybridized carbons (Fsp3) is 0.364. The maximum absolute atomic E-state index is 11.8. The van der Waals surface area contributed by atoms with Gasteiger partial charge in [0.2, 0.25) is 0 Å². The molecule has 1 unspecified atom stereocenters. The van der Waals surface area contributed by atoms with Crippen molar-refractivity contribution >= 4 is 11.7 Å². The van der Waals surface area contributed by atoms with E-state index in [0.29, 0.717) is 29.2 Å². The summed E-state index contributed by atoms with van der Waals surface area (Å²) in [6.07, 6.45) is 2.48. The fourth-order valence-electron chi connectivity index (χ4n) is 3.41. The molecule has 2 aromatic carbocycles. The van der Waals surface area contributed by atoms with Gasteiger partial charge in [0.1, 0.15) is 12.4 Å². The number of aryl methyl sites for hydroxylation is 1. The highest BCUT2D eigenvalue weighted by Crippen LogP contribution is 2.25. The molecule has 1 aliphatic heterocycles. The summed E-state index contributed by atoms with van der Waals surface area (Å²) in [7, 11) is 0. The van der Waals surface area contributed by atoms with Crippen LogP contribution in [0.4, 0.5) is 5.69 Å². The Morgan fingerprint density at radius 1 is 1.25 bits per heavy atom. The molecule has 146 valence electrons. The lowest BCUT2D eigenvalue weighted by molar-refractivity contribution is -0.307. The summed E-state index contributed by atoms with van der Waals surface area (Å²) in [4.78, 5) is 14.1. The minimum atomic E-state index is -1.22. The Morgan fingerprint density at radius 2 is 1.96 bits per heavy atom. The number of carbonyl (C=O) groups excluding carboxylic acids is 1. The standard InChI is InChI=1S/C22H25N3O3/c1-16-12-18(14-20(13-16)28-11-10-25-8-2-3-9-25)21(22(26)27)24-19-6-4-17(15-23)5-7-19/h4-7,12-14,21,24H,2-3,8-11H2,1H3,(H,26,27)/p-1. The van der Waals surface area contributed by atoms with Crippen molar-refractivity contribution in [1.29, 1.82) is 5.26 Å². The lowest BCUT2D eigenvalue weighted by atomic mass is 10.0. The van der Waals surface area contributed by atoms with Crippen LogP contribution in [0.15, 0.2) is 42.5 Å². The average Bonchev–Trinajstić information content (AvgIpc) is 3.19. The third-order valence-corrected chi connectivity index (χ3v) is 4.84. The summed E-state index contributed by atoms with van der Waals surface area (Å²) >= 11 is 0. The monoisotopic (exact) mass is 378 g/mol. The van der Waals surface area contributed by atoms with Crippen LogP contribution in [0.1, 0.15) is 35.6 Å². The number of anilines is 1. The van der Waals surface area contributed by atoms with Gasteiger partial charge in [-0.3, -0.25) is 4.90 Å². The molecular formula is C22H24N3O3-. The highest BCUT2D eigenvalue weighted by molar-refractivity contribution is 5.78. The molecular weight excluding hydrogens is 354 g/mol. The number of ether oxygens (including phenoxy) is 1. The first-order valence-corrected chi connectivity index (χ1v) is 9.49. The van der Waals surface area contributed by atoms with E-state index in [1.54, 1.807) is 30.3 Å². The SMILES string of the molecule is Cc1cc(OCCN2CCCC2)cc(C(Nc2ccc(C#N)cc2)C(=O)[O-])c1. The lowest BCUT2D eigenvalue weighted by Gasteiger charge is -2.23. The van der Waals surface area contributed by atoms with E-state index in [-0.39, 0.29) is 0 Å². The largest absolute Gasteiger partial charge is 0.548 e. The summed E-state index contributed by atoms with van der Waals surface area (Å²) in [6.45, 7) is 5.58. The van der Waals surface area contributed by atoms with Crippen LogP contribution < -0.4 is 15.2 Å². The molecule has 3 rings (SSSR count). The molecule has 0 spiro atoms. The summed E-state index contributed by atoms with van der Waals surface area (Å²) in [5.74, 6) is -0.569. The Bertz CT molecular complexity index is 852. The third kappa shape index (κ3) is 5.24. The summed E-state index contributed by atoms with van der Waals surface area (Å²) in [5.41, 5.74) is 2.60. The van der Waals surface area contributed by atoms with Crippen molar-refractivity contribution < 1.29 is 14.6 Å². The first-order valence-electron chi connectivity index (χ1n) is 9.49. The van der Waals surface area contributed by atoms with Crippen LogP contribution in [0.3, 0.4) is 0 Å². The molecule has 1 saturated heterocycles. The quantitative estimate of drug-likeness (QED) is 0.758. The van der Waals surface area contributed by atoms with Crippen molar-refractivity contribution in [3.05, 3.63) is 59.2 Å². The topological polar surface area (TPSA) is 88.4 Å². The van der Waals surface area contributed by atoms with Gasteiger partial charge < -0.3 is 20.0 Å². The highest BCUT2D eigenvalue weighted by Gasteiger charge is 2.15. The number of nitrogens with one attached hydrogen (secondary N) is 1. The van der Waals surface area contributed by atoms with E-state index in [2.05, 4.69) is 10.2 Å². The van der Waals surface area contributed by atoms with Gasteiger partial charge in [-0.05, 0) is 80.4 Å². The number of carbonyl (C=O) groups is 1. The molecule has 6 heteroatoms. The molecule has 1 fully saturated rings. The zero-order valence-corrected chi connectivity index (χ0v) is 16.0. The summed E-state index contributed by atoms with van der Waals surface area (Å²) in [6, 6.07) is 13.1. The predicted octanol–water partition coefficient (Wildman–Crippen LogP) is 2.24. The van der Waals surface area contributed by atoms with Crippen LogP contribution >= 0.6 is 0 Å². The van der Waals surface area contributed by atoms with E-state index in [1.807, 2.05) is 25.1 Å². The minimum Gasteiger partial charge on any atom is -0.548 e. The summed E-state index contributed by atoms with van der Waals surface area (Å²) in [5, 5.41) is 23.6. The molecule has 0 bridgehead atoms. The molecule has 0 amide bonds. The smallest absolute Gasteiger partial charge is 0.119 e. The Labute approximate surface area is 165 Å². The van der Waals surface area contributed by atoms with Crippen LogP contribution in [0.5, 0.6) is 5.75 Å². The van der Waals surface area contributed by atoms with E-state index in [9.17, 15) is 9.90 Å². The lowest BCUT2D eigenvalue weighted by Crippen LogP contribution is -2.34. The molecule has 28 heavy (non-hydrogen) atoms. The number of hydrogen-bond acceptors (Lipinski definition) is 6. The molecule has 0 saturated carbocycles. The molecule has 1 atom stereocenters. The normalized spacial score (nSPS) is 15.0. The maximum atomic E-state index is 11.8. The number of nitriles is 1. The van der Waals surface area contributed by atoms with Gasteiger partial charge in [0.05, 0.1) is 23.6 Å². The zero-order valence-electron chi connectivity index (χ0n) is 16.0. The van der Waals surface area contributed by atoms with Gasteiger partial charge in [-0.25, -0.2) is 0 Å². The van der Waals surface area contributed by atoms with Gasteiger partial charge in [0, 0.05) is 12.2 Å². The molecule has 2 aromatic rings. The van der Waals surface area contributed by atoms with Crippen molar-refractivity contribution in [2.24, 2.45) is 0 Å². The van der Waals surface area contributed by atoms with E-state index in [4.69, 9.17) is 10.00 Å². The molecule has 1 aliphatic rings. The second kappa shape index (κ2) is 9.25. The van der Waals surface area contributed by atoms with Crippen LogP contribution in [-0.4, -0.2) is 37.1 Å². The number of benzene rings is 2.